The van der Waals surface area contributed by atoms with Crippen molar-refractivity contribution in [3.63, 3.8) is 0 Å². The number of carbonyl (C=O) groups is 1. The van der Waals surface area contributed by atoms with Crippen LogP contribution in [0.1, 0.15) is 12.0 Å². The van der Waals surface area contributed by atoms with Gasteiger partial charge in [0.1, 0.15) is 5.75 Å². The van der Waals surface area contributed by atoms with Crippen LogP contribution in [-0.4, -0.2) is 45.2 Å². The van der Waals surface area contributed by atoms with Crippen LogP contribution in [0.4, 0.5) is 0 Å². The fraction of sp³-hybridized carbons (Fsp3) is 0.400. The minimum atomic E-state index is -0.223. The summed E-state index contributed by atoms with van der Waals surface area (Å²) in [5.41, 5.74) is 2.88. The summed E-state index contributed by atoms with van der Waals surface area (Å²) in [7, 11) is 5.12. The van der Waals surface area contributed by atoms with E-state index in [-0.39, 0.29) is 5.97 Å². The Morgan fingerprint density at radius 3 is 2.47 bits per heavy atom. The van der Waals surface area contributed by atoms with Gasteiger partial charge in [-0.1, -0.05) is 12.1 Å². The Morgan fingerprint density at radius 2 is 1.89 bits per heavy atom. The molecule has 0 N–H and O–H groups in total. The third-order valence-corrected chi connectivity index (χ3v) is 3.41. The van der Waals surface area contributed by atoms with Crippen molar-refractivity contribution >= 4 is 11.5 Å². The molecule has 0 aliphatic carbocycles. The second kappa shape index (κ2) is 5.89. The highest BCUT2D eigenvalue weighted by molar-refractivity contribution is 5.98. The first-order valence-corrected chi connectivity index (χ1v) is 6.29. The summed E-state index contributed by atoms with van der Waals surface area (Å²) in [6, 6.07) is 7.78. The van der Waals surface area contributed by atoms with Gasteiger partial charge in [0.25, 0.3) is 0 Å². The molecule has 4 nitrogen and oxygen atoms in total. The molecular formula is C15H19NO3. The van der Waals surface area contributed by atoms with Gasteiger partial charge in [-0.3, -0.25) is 0 Å². The molecule has 0 bridgehead atoms. The lowest BCUT2D eigenvalue weighted by Crippen LogP contribution is -2.29. The summed E-state index contributed by atoms with van der Waals surface area (Å²) >= 11 is 0. The normalized spacial score (nSPS) is 16.4. The maximum absolute atomic E-state index is 11.9. The van der Waals surface area contributed by atoms with Crippen LogP contribution < -0.4 is 4.74 Å². The van der Waals surface area contributed by atoms with Crippen molar-refractivity contribution in [3.05, 3.63) is 35.4 Å². The average molecular weight is 261 g/mol. The Kier molecular flexibility index (Phi) is 4.22. The molecule has 2 rings (SSSR count). The molecule has 0 spiro atoms. The minimum absolute atomic E-state index is 0.223. The molecule has 1 aromatic carbocycles. The molecule has 0 saturated carbocycles. The predicted octanol–water partition coefficient (Wildman–Crippen LogP) is 1.96. The van der Waals surface area contributed by atoms with Crippen LogP contribution in [0.25, 0.3) is 5.57 Å². The third-order valence-electron chi connectivity index (χ3n) is 3.41. The second-order valence-electron chi connectivity index (χ2n) is 4.66. The lowest BCUT2D eigenvalue weighted by Gasteiger charge is -2.27. The molecule has 102 valence electrons. The van der Waals surface area contributed by atoms with Crippen molar-refractivity contribution in [2.45, 2.75) is 6.42 Å². The maximum atomic E-state index is 11.9. The Hall–Kier alpha value is -1.81. The van der Waals surface area contributed by atoms with Crippen molar-refractivity contribution in [3.8, 4) is 5.75 Å². The third kappa shape index (κ3) is 2.96. The smallest absolute Gasteiger partial charge is 0.334 e. The number of nitrogens with zero attached hydrogens (tertiary/aromatic N) is 1. The van der Waals surface area contributed by atoms with Gasteiger partial charge in [0.2, 0.25) is 0 Å². The summed E-state index contributed by atoms with van der Waals surface area (Å²) < 4.78 is 10.0. The van der Waals surface area contributed by atoms with Crippen LogP contribution >= 0.6 is 0 Å². The molecule has 0 aromatic heterocycles. The molecule has 0 unspecified atom stereocenters. The quantitative estimate of drug-likeness (QED) is 0.780. The van der Waals surface area contributed by atoms with Crippen molar-refractivity contribution < 1.29 is 14.3 Å². The van der Waals surface area contributed by atoms with E-state index in [2.05, 4.69) is 11.9 Å². The zero-order chi connectivity index (χ0) is 13.8. The summed E-state index contributed by atoms with van der Waals surface area (Å²) in [5.74, 6) is 0.590. The van der Waals surface area contributed by atoms with Gasteiger partial charge in [-0.2, -0.15) is 0 Å². The van der Waals surface area contributed by atoms with Crippen LogP contribution in [0.2, 0.25) is 0 Å². The molecule has 0 saturated heterocycles. The highest BCUT2D eigenvalue weighted by atomic mass is 16.5. The van der Waals surface area contributed by atoms with Gasteiger partial charge in [0.15, 0.2) is 0 Å². The highest BCUT2D eigenvalue weighted by Crippen LogP contribution is 2.28. The van der Waals surface area contributed by atoms with Gasteiger partial charge in [-0.05, 0) is 36.7 Å². The molecule has 19 heavy (non-hydrogen) atoms. The van der Waals surface area contributed by atoms with E-state index in [0.717, 1.165) is 42.0 Å². The lowest BCUT2D eigenvalue weighted by molar-refractivity contribution is -0.136. The number of hydrogen-bond donors (Lipinski definition) is 0. The predicted molar refractivity (Wildman–Crippen MR) is 74.0 cm³/mol. The minimum Gasteiger partial charge on any atom is -0.497 e. The van der Waals surface area contributed by atoms with E-state index in [1.807, 2.05) is 24.3 Å². The number of carbonyl (C=O) groups excluding carboxylic acids is 1. The zero-order valence-electron chi connectivity index (χ0n) is 11.6. The van der Waals surface area contributed by atoms with Crippen LogP contribution in [0, 0.1) is 0 Å². The van der Waals surface area contributed by atoms with Gasteiger partial charge in [-0.15, -0.1) is 0 Å². The number of likely N-dealkylation sites (N-methyl/N-ethyl adjacent to an activating group) is 1. The number of ether oxygens (including phenoxy) is 2. The van der Waals surface area contributed by atoms with Gasteiger partial charge < -0.3 is 14.4 Å². The van der Waals surface area contributed by atoms with E-state index in [1.165, 1.54) is 7.11 Å². The van der Waals surface area contributed by atoms with Crippen LogP contribution in [0.3, 0.4) is 0 Å². The molecule has 1 heterocycles. The molecule has 0 radical (unpaired) electrons. The van der Waals surface area contributed by atoms with Crippen LogP contribution in [0.5, 0.6) is 5.75 Å². The first kappa shape index (κ1) is 13.6. The number of hydrogen-bond acceptors (Lipinski definition) is 4. The summed E-state index contributed by atoms with van der Waals surface area (Å²) in [4.78, 5) is 14.1. The number of rotatable bonds is 3. The largest absolute Gasteiger partial charge is 0.497 e. The van der Waals surface area contributed by atoms with Gasteiger partial charge >= 0.3 is 5.97 Å². The SMILES string of the molecule is COC(=O)C1=C(c2ccc(OC)cc2)CN(C)CC1. The second-order valence-corrected chi connectivity index (χ2v) is 4.66. The fourth-order valence-corrected chi connectivity index (χ4v) is 2.30. The van der Waals surface area contributed by atoms with E-state index in [9.17, 15) is 4.79 Å². The average Bonchev–Trinajstić information content (AvgIpc) is 2.46. The fourth-order valence-electron chi connectivity index (χ4n) is 2.30. The van der Waals surface area contributed by atoms with Gasteiger partial charge in [-0.25, -0.2) is 4.79 Å². The van der Waals surface area contributed by atoms with Crippen LogP contribution in [-0.2, 0) is 9.53 Å². The monoisotopic (exact) mass is 261 g/mol. The standard InChI is InChI=1S/C15H19NO3/c1-16-9-8-13(15(17)19-3)14(10-16)11-4-6-12(18-2)7-5-11/h4-7H,8-10H2,1-3H3. The molecular weight excluding hydrogens is 242 g/mol. The van der Waals surface area contributed by atoms with E-state index in [1.54, 1.807) is 7.11 Å². The van der Waals surface area contributed by atoms with Crippen molar-refractivity contribution in [1.82, 2.24) is 4.90 Å². The number of benzene rings is 1. The Bertz CT molecular complexity index is 491. The molecule has 0 amide bonds. The maximum Gasteiger partial charge on any atom is 0.334 e. The van der Waals surface area contributed by atoms with Crippen molar-refractivity contribution in [2.75, 3.05) is 34.4 Å². The first-order chi connectivity index (χ1) is 9.15. The molecule has 4 heteroatoms. The van der Waals surface area contributed by atoms with E-state index in [4.69, 9.17) is 9.47 Å². The Morgan fingerprint density at radius 1 is 1.21 bits per heavy atom. The number of methoxy groups -OCH3 is 2. The Labute approximate surface area is 113 Å². The van der Waals surface area contributed by atoms with Crippen LogP contribution in [0.15, 0.2) is 29.8 Å². The first-order valence-electron chi connectivity index (χ1n) is 6.29. The summed E-state index contributed by atoms with van der Waals surface area (Å²) in [6.45, 7) is 1.64. The summed E-state index contributed by atoms with van der Waals surface area (Å²) in [5, 5.41) is 0. The topological polar surface area (TPSA) is 38.8 Å². The molecule has 1 aliphatic rings. The van der Waals surface area contributed by atoms with E-state index >= 15 is 0 Å². The van der Waals surface area contributed by atoms with Gasteiger partial charge in [0.05, 0.1) is 14.2 Å². The molecule has 0 fully saturated rings. The van der Waals surface area contributed by atoms with E-state index < -0.39 is 0 Å². The van der Waals surface area contributed by atoms with E-state index in [0.29, 0.717) is 0 Å². The van der Waals surface area contributed by atoms with Crippen molar-refractivity contribution in [2.24, 2.45) is 0 Å². The lowest BCUT2D eigenvalue weighted by atomic mass is 9.94. The molecule has 1 aliphatic heterocycles. The zero-order valence-corrected chi connectivity index (χ0v) is 11.6. The molecule has 1 aromatic rings. The molecule has 0 atom stereocenters. The Balaban J connectivity index is 2.40. The summed E-state index contributed by atoms with van der Waals surface area (Å²) in [6.07, 6.45) is 0.727. The van der Waals surface area contributed by atoms with Crippen molar-refractivity contribution in [1.29, 1.82) is 0 Å². The number of esters is 1. The highest BCUT2D eigenvalue weighted by Gasteiger charge is 2.23. The van der Waals surface area contributed by atoms with Gasteiger partial charge in [0, 0.05) is 18.7 Å².